The summed E-state index contributed by atoms with van der Waals surface area (Å²) in [6.07, 6.45) is 11.9. The second kappa shape index (κ2) is 9.66. The highest BCUT2D eigenvalue weighted by molar-refractivity contribution is 4.91. The summed E-state index contributed by atoms with van der Waals surface area (Å²) in [5, 5.41) is 0. The van der Waals surface area contributed by atoms with Gasteiger partial charge in [-0.25, -0.2) is 0 Å². The zero-order chi connectivity index (χ0) is 16.5. The summed E-state index contributed by atoms with van der Waals surface area (Å²) in [7, 11) is 0. The van der Waals surface area contributed by atoms with Gasteiger partial charge in [0.1, 0.15) is 0 Å². The molecule has 21 heavy (non-hydrogen) atoms. The van der Waals surface area contributed by atoms with Gasteiger partial charge in [0.2, 0.25) is 0 Å². The summed E-state index contributed by atoms with van der Waals surface area (Å²) in [6, 6.07) is 0.383. The van der Waals surface area contributed by atoms with Gasteiger partial charge in [-0.05, 0) is 55.3 Å². The molecule has 0 aliphatic rings. The van der Waals surface area contributed by atoms with E-state index < -0.39 is 0 Å². The maximum Gasteiger partial charge on any atom is 0.00362 e. The van der Waals surface area contributed by atoms with Gasteiger partial charge in [0.25, 0.3) is 0 Å². The van der Waals surface area contributed by atoms with Crippen LogP contribution >= 0.6 is 0 Å². The Morgan fingerprint density at radius 3 is 2.24 bits per heavy atom. The van der Waals surface area contributed by atoms with Crippen LogP contribution in [0.15, 0.2) is 12.7 Å². The zero-order valence-electron chi connectivity index (χ0n) is 15.7. The van der Waals surface area contributed by atoms with E-state index in [1.165, 1.54) is 38.5 Å². The number of rotatable bonds is 12. The molecule has 1 heteroatoms. The van der Waals surface area contributed by atoms with Gasteiger partial charge in [0.05, 0.1) is 0 Å². The van der Waals surface area contributed by atoms with Crippen molar-refractivity contribution in [2.24, 2.45) is 22.5 Å². The first-order chi connectivity index (χ1) is 9.72. The van der Waals surface area contributed by atoms with E-state index in [-0.39, 0.29) is 0 Å². The number of hydrogen-bond acceptors (Lipinski definition) is 1. The second-order valence-corrected chi connectivity index (χ2v) is 8.09. The van der Waals surface area contributed by atoms with Gasteiger partial charge in [-0.3, -0.25) is 0 Å². The fourth-order valence-electron chi connectivity index (χ4n) is 3.74. The minimum atomic E-state index is 0.383. The fourth-order valence-corrected chi connectivity index (χ4v) is 3.74. The van der Waals surface area contributed by atoms with Crippen LogP contribution in [0.1, 0.15) is 92.9 Å². The highest BCUT2D eigenvalue weighted by Crippen LogP contribution is 2.50. The van der Waals surface area contributed by atoms with E-state index in [1.807, 2.05) is 0 Å². The molecule has 3 atom stereocenters. The lowest BCUT2D eigenvalue weighted by Crippen LogP contribution is -2.37. The van der Waals surface area contributed by atoms with Crippen molar-refractivity contribution in [3.8, 4) is 0 Å². The molecule has 126 valence electrons. The Labute approximate surface area is 134 Å². The van der Waals surface area contributed by atoms with Gasteiger partial charge in [-0.15, -0.1) is 6.58 Å². The van der Waals surface area contributed by atoms with Gasteiger partial charge >= 0.3 is 0 Å². The van der Waals surface area contributed by atoms with E-state index in [0.29, 0.717) is 16.9 Å². The molecular formula is C20H41N. The van der Waals surface area contributed by atoms with Crippen molar-refractivity contribution in [2.75, 3.05) is 0 Å². The van der Waals surface area contributed by atoms with Gasteiger partial charge in [-0.1, -0.05) is 60.5 Å². The quantitative estimate of drug-likeness (QED) is 0.418. The molecule has 0 aliphatic carbocycles. The molecule has 0 aliphatic heterocycles. The van der Waals surface area contributed by atoms with Crippen molar-refractivity contribution >= 4 is 0 Å². The molecule has 0 saturated carbocycles. The lowest BCUT2D eigenvalue weighted by atomic mass is 9.59. The van der Waals surface area contributed by atoms with Gasteiger partial charge in [0.15, 0.2) is 0 Å². The Bertz CT molecular complexity index is 282. The molecule has 0 bridgehead atoms. The Morgan fingerprint density at radius 2 is 1.76 bits per heavy atom. The molecule has 0 fully saturated rings. The highest BCUT2D eigenvalue weighted by Gasteiger charge is 2.40. The van der Waals surface area contributed by atoms with Crippen LogP contribution in [0.25, 0.3) is 0 Å². The van der Waals surface area contributed by atoms with E-state index in [1.54, 1.807) is 0 Å². The zero-order valence-corrected chi connectivity index (χ0v) is 15.7. The van der Waals surface area contributed by atoms with Crippen molar-refractivity contribution < 1.29 is 0 Å². The van der Waals surface area contributed by atoms with Crippen LogP contribution in [-0.4, -0.2) is 6.04 Å². The predicted octanol–water partition coefficient (Wildman–Crippen LogP) is 6.33. The van der Waals surface area contributed by atoms with Gasteiger partial charge < -0.3 is 5.73 Å². The van der Waals surface area contributed by atoms with E-state index in [4.69, 9.17) is 5.73 Å². The number of allylic oxidation sites excluding steroid dienone is 1. The van der Waals surface area contributed by atoms with Crippen molar-refractivity contribution in [3.63, 3.8) is 0 Å². The molecule has 0 radical (unpaired) electrons. The summed E-state index contributed by atoms with van der Waals surface area (Å²) in [5.74, 6) is 0.725. The van der Waals surface area contributed by atoms with E-state index in [9.17, 15) is 0 Å². The third kappa shape index (κ3) is 7.00. The van der Waals surface area contributed by atoms with Crippen LogP contribution in [0.4, 0.5) is 0 Å². The number of nitrogens with two attached hydrogens (primary N) is 1. The molecule has 0 amide bonds. The van der Waals surface area contributed by atoms with Crippen LogP contribution in [0.3, 0.4) is 0 Å². The van der Waals surface area contributed by atoms with Crippen LogP contribution in [-0.2, 0) is 0 Å². The Balaban J connectivity index is 4.85. The predicted molar refractivity (Wildman–Crippen MR) is 97.5 cm³/mol. The summed E-state index contributed by atoms with van der Waals surface area (Å²) in [6.45, 7) is 18.2. The first-order valence-electron chi connectivity index (χ1n) is 9.09. The summed E-state index contributed by atoms with van der Waals surface area (Å²) < 4.78 is 0. The standard InChI is InChI=1S/C20H41N/c1-8-12-17(4)16-20(7,19(5,6)14-9-2)15-11-13-18(21)10-3/h8,17-18H,1,9-16,21H2,2-7H3/t17-,18?,20?/m0/s1. The summed E-state index contributed by atoms with van der Waals surface area (Å²) >= 11 is 0. The molecule has 0 aromatic heterocycles. The first-order valence-corrected chi connectivity index (χ1v) is 9.09. The van der Waals surface area contributed by atoms with Gasteiger partial charge in [-0.2, -0.15) is 0 Å². The molecule has 1 nitrogen and oxygen atoms in total. The molecule has 0 spiro atoms. The minimum absolute atomic E-state index is 0.383. The summed E-state index contributed by atoms with van der Waals surface area (Å²) in [5.41, 5.74) is 6.90. The third-order valence-electron chi connectivity index (χ3n) is 5.70. The SMILES string of the molecule is C=CC[C@H](C)CC(C)(CCCC(N)CC)C(C)(C)CCC. The highest BCUT2D eigenvalue weighted by atomic mass is 14.6. The van der Waals surface area contributed by atoms with Crippen LogP contribution < -0.4 is 5.73 Å². The summed E-state index contributed by atoms with van der Waals surface area (Å²) in [4.78, 5) is 0. The van der Waals surface area contributed by atoms with E-state index in [0.717, 1.165) is 18.8 Å². The van der Waals surface area contributed by atoms with Crippen LogP contribution in [0.5, 0.6) is 0 Å². The topological polar surface area (TPSA) is 26.0 Å². The normalized spacial score (nSPS) is 18.0. The van der Waals surface area contributed by atoms with E-state index >= 15 is 0 Å². The monoisotopic (exact) mass is 295 g/mol. The second-order valence-electron chi connectivity index (χ2n) is 8.09. The first kappa shape index (κ1) is 20.7. The van der Waals surface area contributed by atoms with Gasteiger partial charge in [0, 0.05) is 6.04 Å². The molecular weight excluding hydrogens is 254 g/mol. The Hall–Kier alpha value is -0.300. The van der Waals surface area contributed by atoms with Crippen LogP contribution in [0.2, 0.25) is 0 Å². The third-order valence-corrected chi connectivity index (χ3v) is 5.70. The fraction of sp³-hybridized carbons (Fsp3) is 0.900. The lowest BCUT2D eigenvalue weighted by Gasteiger charge is -2.47. The smallest absolute Gasteiger partial charge is 0.00362 e. The molecule has 0 aromatic rings. The average molecular weight is 296 g/mol. The Morgan fingerprint density at radius 1 is 1.14 bits per heavy atom. The maximum atomic E-state index is 6.11. The van der Waals surface area contributed by atoms with Crippen molar-refractivity contribution in [3.05, 3.63) is 12.7 Å². The molecule has 2 N–H and O–H groups in total. The average Bonchev–Trinajstić information content (AvgIpc) is 2.38. The van der Waals surface area contributed by atoms with E-state index in [2.05, 4.69) is 54.2 Å². The molecule has 2 unspecified atom stereocenters. The largest absolute Gasteiger partial charge is 0.328 e. The minimum Gasteiger partial charge on any atom is -0.328 e. The van der Waals surface area contributed by atoms with Crippen LogP contribution in [0, 0.1) is 16.7 Å². The molecule has 0 aromatic carbocycles. The van der Waals surface area contributed by atoms with Crippen molar-refractivity contribution in [1.29, 1.82) is 0 Å². The molecule has 0 rings (SSSR count). The Kier molecular flexibility index (Phi) is 9.53. The maximum absolute atomic E-state index is 6.11. The molecule has 0 saturated heterocycles. The van der Waals surface area contributed by atoms with Crippen molar-refractivity contribution in [1.82, 2.24) is 0 Å². The lowest BCUT2D eigenvalue weighted by molar-refractivity contribution is 0.0384. The number of hydrogen-bond donors (Lipinski definition) is 1. The van der Waals surface area contributed by atoms with Crippen molar-refractivity contribution in [2.45, 2.75) is 99.0 Å². The molecule has 0 heterocycles.